The number of Topliss-reactive ketones (excluding diaryl/α,β-unsaturated/α-hetero) is 1. The molecule has 0 aliphatic rings. The van der Waals surface area contributed by atoms with Gasteiger partial charge in [-0.25, -0.2) is 0 Å². The van der Waals surface area contributed by atoms with E-state index in [1.165, 1.54) is 7.05 Å². The lowest BCUT2D eigenvalue weighted by atomic mass is 10.1. The molecular formula is C12H17N3O3. The van der Waals surface area contributed by atoms with Crippen molar-refractivity contribution in [1.82, 2.24) is 4.90 Å². The molecule has 0 radical (unpaired) electrons. The predicted molar refractivity (Wildman–Crippen MR) is 65.7 cm³/mol. The number of carbonyl (C=O) groups is 3. The van der Waals surface area contributed by atoms with Gasteiger partial charge in [0, 0.05) is 20.4 Å². The van der Waals surface area contributed by atoms with E-state index in [2.05, 4.69) is 11.4 Å². The maximum atomic E-state index is 11.6. The van der Waals surface area contributed by atoms with E-state index in [4.69, 9.17) is 5.53 Å². The molecule has 0 aliphatic carbocycles. The van der Waals surface area contributed by atoms with Crippen LogP contribution in [0, 0.1) is 0 Å². The van der Waals surface area contributed by atoms with Crippen LogP contribution in [0.15, 0.2) is 12.7 Å². The van der Waals surface area contributed by atoms with Crippen LogP contribution in [0.3, 0.4) is 0 Å². The van der Waals surface area contributed by atoms with E-state index in [0.29, 0.717) is 6.42 Å². The number of hydrogen-bond donors (Lipinski definition) is 0. The average molecular weight is 251 g/mol. The van der Waals surface area contributed by atoms with Gasteiger partial charge in [-0.2, -0.15) is 4.79 Å². The summed E-state index contributed by atoms with van der Waals surface area (Å²) in [6.45, 7) is 4.66. The van der Waals surface area contributed by atoms with Crippen molar-refractivity contribution >= 4 is 23.3 Å². The fraction of sp³-hybridized carbons (Fsp3) is 0.500. The number of hydrogen-bond acceptors (Lipinski definition) is 3. The molecule has 0 saturated heterocycles. The molecule has 0 aromatic heterocycles. The Labute approximate surface area is 106 Å². The van der Waals surface area contributed by atoms with Crippen molar-refractivity contribution < 1.29 is 19.2 Å². The zero-order valence-corrected chi connectivity index (χ0v) is 10.7. The average Bonchev–Trinajstić information content (AvgIpc) is 2.33. The molecule has 0 rings (SSSR count). The molecule has 0 N–H and O–H groups in total. The molecule has 2 amide bonds. The number of imide groups is 1. The number of allylic oxidation sites excluding steroid dienone is 1. The second-order valence-corrected chi connectivity index (χ2v) is 3.80. The van der Waals surface area contributed by atoms with E-state index in [1.54, 1.807) is 6.08 Å². The molecule has 0 spiro atoms. The van der Waals surface area contributed by atoms with Crippen molar-refractivity contribution in [2.45, 2.75) is 32.6 Å². The van der Waals surface area contributed by atoms with E-state index in [0.717, 1.165) is 24.7 Å². The summed E-state index contributed by atoms with van der Waals surface area (Å²) in [6.07, 6.45) is 4.21. The van der Waals surface area contributed by atoms with Crippen LogP contribution in [0.4, 0.5) is 0 Å². The quantitative estimate of drug-likeness (QED) is 0.169. The van der Waals surface area contributed by atoms with Gasteiger partial charge in [0.05, 0.1) is 0 Å². The Morgan fingerprint density at radius 3 is 2.39 bits per heavy atom. The van der Waals surface area contributed by atoms with Gasteiger partial charge in [0.15, 0.2) is 0 Å². The molecule has 98 valence electrons. The van der Waals surface area contributed by atoms with Crippen LogP contribution in [0.25, 0.3) is 5.53 Å². The predicted octanol–water partition coefficient (Wildman–Crippen LogP) is 0.978. The molecule has 0 unspecified atom stereocenters. The Hall–Kier alpha value is -2.07. The highest BCUT2D eigenvalue weighted by Crippen LogP contribution is 2.03. The normalized spacial score (nSPS) is 9.22. The van der Waals surface area contributed by atoms with Crippen LogP contribution >= 0.6 is 0 Å². The van der Waals surface area contributed by atoms with Gasteiger partial charge in [0.2, 0.25) is 11.7 Å². The Bertz CT molecular complexity index is 409. The number of ketones is 1. The summed E-state index contributed by atoms with van der Waals surface area (Å²) < 4.78 is 0. The zero-order chi connectivity index (χ0) is 14.1. The standard InChI is InChI=1S/C12H17N3O3/c1-4-5-6-7-8-10(17)15(3)12(18)11(14-13)9(2)16/h4H,1,5-8H2,2-3H3. The topological polar surface area (TPSA) is 90.8 Å². The third-order valence-electron chi connectivity index (χ3n) is 2.36. The van der Waals surface area contributed by atoms with Gasteiger partial charge in [0.1, 0.15) is 0 Å². The lowest BCUT2D eigenvalue weighted by Crippen LogP contribution is -2.41. The van der Waals surface area contributed by atoms with Crippen LogP contribution < -0.4 is 0 Å². The summed E-state index contributed by atoms with van der Waals surface area (Å²) in [4.78, 5) is 37.6. The van der Waals surface area contributed by atoms with Gasteiger partial charge in [-0.05, 0) is 19.3 Å². The molecule has 0 heterocycles. The molecule has 0 saturated carbocycles. The Morgan fingerprint density at radius 2 is 1.94 bits per heavy atom. The van der Waals surface area contributed by atoms with Gasteiger partial charge >= 0.3 is 11.6 Å². The van der Waals surface area contributed by atoms with Crippen LogP contribution in [-0.2, 0) is 14.4 Å². The number of rotatable bonds is 7. The highest BCUT2D eigenvalue weighted by Gasteiger charge is 2.31. The number of carbonyl (C=O) groups excluding carboxylic acids is 3. The van der Waals surface area contributed by atoms with Crippen LogP contribution in [0.1, 0.15) is 32.6 Å². The summed E-state index contributed by atoms with van der Waals surface area (Å²) in [6, 6.07) is 0. The van der Waals surface area contributed by atoms with Gasteiger partial charge in [-0.3, -0.25) is 19.3 Å². The van der Waals surface area contributed by atoms with E-state index in [9.17, 15) is 14.4 Å². The fourth-order valence-corrected chi connectivity index (χ4v) is 1.27. The van der Waals surface area contributed by atoms with Crippen molar-refractivity contribution in [2.75, 3.05) is 7.05 Å². The maximum Gasteiger partial charge on any atom is 0.421 e. The number of amides is 2. The van der Waals surface area contributed by atoms with E-state index < -0.39 is 23.3 Å². The molecule has 0 aromatic rings. The first-order chi connectivity index (χ1) is 8.45. The minimum atomic E-state index is -0.890. The van der Waals surface area contributed by atoms with Crippen molar-refractivity contribution in [1.29, 1.82) is 0 Å². The monoisotopic (exact) mass is 251 g/mol. The van der Waals surface area contributed by atoms with Gasteiger partial charge in [-0.15, -0.1) is 6.58 Å². The van der Waals surface area contributed by atoms with Crippen LogP contribution in [0.2, 0.25) is 0 Å². The van der Waals surface area contributed by atoms with Gasteiger partial charge in [0.25, 0.3) is 0 Å². The zero-order valence-electron chi connectivity index (χ0n) is 10.7. The van der Waals surface area contributed by atoms with Crippen LogP contribution in [0.5, 0.6) is 0 Å². The Kier molecular flexibility index (Phi) is 7.15. The molecular weight excluding hydrogens is 234 g/mol. The minimum absolute atomic E-state index is 0.201. The molecule has 18 heavy (non-hydrogen) atoms. The summed E-state index contributed by atoms with van der Waals surface area (Å²) in [7, 11) is 1.26. The van der Waals surface area contributed by atoms with E-state index in [-0.39, 0.29) is 6.42 Å². The molecule has 0 atom stereocenters. The first kappa shape index (κ1) is 15.9. The first-order valence-corrected chi connectivity index (χ1v) is 5.60. The first-order valence-electron chi connectivity index (χ1n) is 5.60. The fourth-order valence-electron chi connectivity index (χ4n) is 1.27. The summed E-state index contributed by atoms with van der Waals surface area (Å²) in [5.41, 5.74) is 7.90. The Morgan fingerprint density at radius 1 is 1.33 bits per heavy atom. The minimum Gasteiger partial charge on any atom is -0.360 e. The second-order valence-electron chi connectivity index (χ2n) is 3.80. The largest absolute Gasteiger partial charge is 0.421 e. The van der Waals surface area contributed by atoms with Crippen LogP contribution in [-0.4, -0.2) is 40.0 Å². The summed E-state index contributed by atoms with van der Waals surface area (Å²) in [5, 5.41) is 0. The highest BCUT2D eigenvalue weighted by molar-refractivity contribution is 6.63. The Balaban J connectivity index is 4.46. The molecule has 6 heteroatoms. The molecule has 0 fully saturated rings. The van der Waals surface area contributed by atoms with E-state index in [1.807, 2.05) is 0 Å². The smallest absolute Gasteiger partial charge is 0.360 e. The lowest BCUT2D eigenvalue weighted by molar-refractivity contribution is -0.142. The third-order valence-corrected chi connectivity index (χ3v) is 2.36. The third kappa shape index (κ3) is 4.84. The van der Waals surface area contributed by atoms with Gasteiger partial charge < -0.3 is 5.53 Å². The van der Waals surface area contributed by atoms with E-state index >= 15 is 0 Å². The number of unbranched alkanes of at least 4 members (excludes halogenated alkanes) is 2. The summed E-state index contributed by atoms with van der Waals surface area (Å²) >= 11 is 0. The van der Waals surface area contributed by atoms with Crippen molar-refractivity contribution in [3.05, 3.63) is 18.2 Å². The lowest BCUT2D eigenvalue weighted by Gasteiger charge is -2.11. The summed E-state index contributed by atoms with van der Waals surface area (Å²) in [5.74, 6) is -1.99. The second kappa shape index (κ2) is 8.08. The molecule has 0 aliphatic heterocycles. The highest BCUT2D eigenvalue weighted by atomic mass is 16.2. The SMILES string of the molecule is C=CCCCCC(=O)N(C)C(=O)C(=[N+]=[N-])C(C)=O. The van der Waals surface area contributed by atoms with Gasteiger partial charge in [-0.1, -0.05) is 6.08 Å². The van der Waals surface area contributed by atoms with Crippen molar-refractivity contribution in [2.24, 2.45) is 0 Å². The molecule has 0 bridgehead atoms. The number of nitrogens with zero attached hydrogens (tertiary/aromatic N) is 3. The van der Waals surface area contributed by atoms with Crippen molar-refractivity contribution in [3.63, 3.8) is 0 Å². The van der Waals surface area contributed by atoms with Crippen molar-refractivity contribution in [3.8, 4) is 0 Å². The molecule has 0 aromatic carbocycles. The molecule has 6 nitrogen and oxygen atoms in total. The maximum absolute atomic E-state index is 11.6.